The van der Waals surface area contributed by atoms with Crippen molar-refractivity contribution in [3.8, 4) is 28.3 Å². The molecule has 8 heteroatoms. The maximum Gasteiger partial charge on any atom is 0.254 e. The molecule has 0 radical (unpaired) electrons. The molecule has 194 valence electrons. The number of imidazole rings is 1. The molecule has 1 aliphatic heterocycles. The summed E-state index contributed by atoms with van der Waals surface area (Å²) in [6, 6.07) is 19.7. The largest absolute Gasteiger partial charge is 0.496 e. The zero-order chi connectivity index (χ0) is 26.2. The van der Waals surface area contributed by atoms with Gasteiger partial charge in [-0.1, -0.05) is 30.3 Å². The average Bonchev–Trinajstić information content (AvgIpc) is 3.52. The quantitative estimate of drug-likeness (QED) is 0.344. The van der Waals surface area contributed by atoms with Gasteiger partial charge in [-0.25, -0.2) is 4.98 Å². The number of carbonyl (C=O) groups excluding carboxylic acids is 1. The van der Waals surface area contributed by atoms with E-state index in [1.54, 1.807) is 7.11 Å². The third kappa shape index (κ3) is 4.31. The van der Waals surface area contributed by atoms with Gasteiger partial charge < -0.3 is 24.1 Å². The first-order chi connectivity index (χ1) is 18.6. The Bertz CT molecular complexity index is 1610. The third-order valence-electron chi connectivity index (χ3n) is 7.31. The molecule has 6 rings (SSSR count). The van der Waals surface area contributed by atoms with Crippen LogP contribution < -0.4 is 4.74 Å². The second-order valence-corrected chi connectivity index (χ2v) is 9.62. The SMILES string of the molecule is COc1cc2c(-c3ccccc3)c(C)oc2cc1-c1nc2ccc(C(=O)N3CCN(CCO)CC3)cc2[nH]1. The zero-order valence-corrected chi connectivity index (χ0v) is 21.5. The molecule has 0 spiro atoms. The molecule has 1 amide bonds. The molecule has 2 aromatic heterocycles. The van der Waals surface area contributed by atoms with Gasteiger partial charge in [-0.15, -0.1) is 0 Å². The van der Waals surface area contributed by atoms with E-state index in [1.165, 1.54) is 0 Å². The van der Waals surface area contributed by atoms with Gasteiger partial charge in [0.1, 0.15) is 22.9 Å². The van der Waals surface area contributed by atoms with Crippen LogP contribution in [0.5, 0.6) is 5.75 Å². The lowest BCUT2D eigenvalue weighted by molar-refractivity contribution is 0.0615. The molecular weight excluding hydrogens is 480 g/mol. The first-order valence-electron chi connectivity index (χ1n) is 12.8. The smallest absolute Gasteiger partial charge is 0.254 e. The highest BCUT2D eigenvalue weighted by atomic mass is 16.5. The Kier molecular flexibility index (Phi) is 6.35. The highest BCUT2D eigenvalue weighted by Gasteiger charge is 2.23. The van der Waals surface area contributed by atoms with Crippen molar-refractivity contribution >= 4 is 27.9 Å². The van der Waals surface area contributed by atoms with Crippen LogP contribution in [0.25, 0.3) is 44.5 Å². The van der Waals surface area contributed by atoms with Gasteiger partial charge in [0.05, 0.1) is 30.3 Å². The van der Waals surface area contributed by atoms with E-state index in [1.807, 2.05) is 60.4 Å². The van der Waals surface area contributed by atoms with E-state index < -0.39 is 0 Å². The summed E-state index contributed by atoms with van der Waals surface area (Å²) in [6.07, 6.45) is 0. The number of amides is 1. The number of aromatic amines is 1. The lowest BCUT2D eigenvalue weighted by atomic mass is 10.0. The Labute approximate surface area is 220 Å². The average molecular weight is 511 g/mol. The van der Waals surface area contributed by atoms with E-state index in [-0.39, 0.29) is 12.5 Å². The summed E-state index contributed by atoms with van der Waals surface area (Å²) >= 11 is 0. The Morgan fingerprint density at radius 1 is 1.08 bits per heavy atom. The third-order valence-corrected chi connectivity index (χ3v) is 7.31. The highest BCUT2D eigenvalue weighted by Crippen LogP contribution is 2.40. The number of furan rings is 1. The monoisotopic (exact) mass is 510 g/mol. The van der Waals surface area contributed by atoms with Crippen LogP contribution >= 0.6 is 0 Å². The van der Waals surface area contributed by atoms with E-state index in [4.69, 9.17) is 19.2 Å². The predicted molar refractivity (Wildman–Crippen MR) is 147 cm³/mol. The molecule has 0 unspecified atom stereocenters. The van der Waals surface area contributed by atoms with E-state index in [0.29, 0.717) is 36.8 Å². The normalized spacial score (nSPS) is 14.4. The molecule has 38 heavy (non-hydrogen) atoms. The van der Waals surface area contributed by atoms with Crippen molar-refractivity contribution in [1.82, 2.24) is 19.8 Å². The van der Waals surface area contributed by atoms with Gasteiger partial charge in [-0.05, 0) is 42.8 Å². The van der Waals surface area contributed by atoms with Crippen molar-refractivity contribution in [2.75, 3.05) is 46.4 Å². The minimum absolute atomic E-state index is 0.00482. The Morgan fingerprint density at radius 3 is 2.61 bits per heavy atom. The molecule has 1 aliphatic rings. The molecule has 0 aliphatic carbocycles. The second-order valence-electron chi connectivity index (χ2n) is 9.62. The van der Waals surface area contributed by atoms with Gasteiger partial charge in [0.25, 0.3) is 5.91 Å². The van der Waals surface area contributed by atoms with Crippen LogP contribution in [0, 0.1) is 6.92 Å². The molecule has 3 aromatic carbocycles. The van der Waals surface area contributed by atoms with E-state index in [9.17, 15) is 4.79 Å². The summed E-state index contributed by atoms with van der Waals surface area (Å²) < 4.78 is 12.0. The Balaban J connectivity index is 1.33. The van der Waals surface area contributed by atoms with E-state index in [0.717, 1.165) is 57.5 Å². The lowest BCUT2D eigenvalue weighted by Crippen LogP contribution is -2.49. The lowest BCUT2D eigenvalue weighted by Gasteiger charge is -2.34. The number of hydrogen-bond donors (Lipinski definition) is 2. The van der Waals surface area contributed by atoms with Crippen molar-refractivity contribution in [3.63, 3.8) is 0 Å². The number of nitrogens with one attached hydrogen (secondary N) is 1. The van der Waals surface area contributed by atoms with Crippen molar-refractivity contribution < 1.29 is 19.1 Å². The molecule has 2 N–H and O–H groups in total. The number of fused-ring (bicyclic) bond motifs is 2. The molecule has 1 saturated heterocycles. The molecule has 0 atom stereocenters. The number of aliphatic hydroxyl groups excluding tert-OH is 1. The number of methoxy groups -OCH3 is 1. The molecule has 0 saturated carbocycles. The summed E-state index contributed by atoms with van der Waals surface area (Å²) in [7, 11) is 1.65. The predicted octanol–water partition coefficient (Wildman–Crippen LogP) is 4.71. The number of nitrogens with zero attached hydrogens (tertiary/aromatic N) is 3. The molecule has 5 aromatic rings. The fraction of sp³-hybridized carbons (Fsp3) is 0.267. The standard InChI is InChI=1S/C30H30N4O4/c1-19-28(20-6-4-3-5-7-20)22-17-26(37-2)23(18-27(22)38-19)29-31-24-9-8-21(16-25(24)32-29)30(36)34-12-10-33(11-13-34)14-15-35/h3-9,16-18,35H,10-15H2,1-2H3,(H,31,32). The number of aliphatic hydroxyl groups is 1. The van der Waals surface area contributed by atoms with Crippen LogP contribution in [0.1, 0.15) is 16.1 Å². The number of H-pyrrole nitrogens is 1. The van der Waals surface area contributed by atoms with Crippen molar-refractivity contribution in [2.24, 2.45) is 0 Å². The Hall–Kier alpha value is -4.14. The first kappa shape index (κ1) is 24.2. The zero-order valence-electron chi connectivity index (χ0n) is 21.5. The van der Waals surface area contributed by atoms with Crippen molar-refractivity contribution in [2.45, 2.75) is 6.92 Å². The molecule has 1 fully saturated rings. The molecule has 3 heterocycles. The van der Waals surface area contributed by atoms with Crippen LogP contribution in [-0.2, 0) is 0 Å². The summed E-state index contributed by atoms with van der Waals surface area (Å²) in [5.41, 5.74) is 5.87. The minimum Gasteiger partial charge on any atom is -0.496 e. The summed E-state index contributed by atoms with van der Waals surface area (Å²) in [5, 5.41) is 10.1. The minimum atomic E-state index is 0.00482. The number of carbonyl (C=O) groups is 1. The van der Waals surface area contributed by atoms with Gasteiger partial charge >= 0.3 is 0 Å². The Morgan fingerprint density at radius 2 is 1.87 bits per heavy atom. The topological polar surface area (TPSA) is 94.8 Å². The van der Waals surface area contributed by atoms with Crippen LogP contribution in [0.4, 0.5) is 0 Å². The number of β-amino-alcohol motifs (C(OH)–C–C–N with tert-alkyl or cyclic N) is 1. The van der Waals surface area contributed by atoms with Crippen LogP contribution in [0.3, 0.4) is 0 Å². The molecular formula is C30H30N4O4. The van der Waals surface area contributed by atoms with Crippen LogP contribution in [-0.4, -0.2) is 77.2 Å². The highest BCUT2D eigenvalue weighted by molar-refractivity contribution is 6.00. The van der Waals surface area contributed by atoms with E-state index >= 15 is 0 Å². The molecule has 0 bridgehead atoms. The summed E-state index contributed by atoms with van der Waals surface area (Å²) in [6.45, 7) is 5.59. The number of piperazine rings is 1. The number of aromatic nitrogens is 2. The van der Waals surface area contributed by atoms with Gasteiger partial charge in [-0.2, -0.15) is 0 Å². The fourth-order valence-corrected chi connectivity index (χ4v) is 5.33. The van der Waals surface area contributed by atoms with Crippen LogP contribution in [0.15, 0.2) is 65.1 Å². The van der Waals surface area contributed by atoms with Crippen molar-refractivity contribution in [1.29, 1.82) is 0 Å². The van der Waals surface area contributed by atoms with Gasteiger partial charge in [0, 0.05) is 49.2 Å². The number of benzene rings is 3. The number of aryl methyl sites for hydroxylation is 1. The second kappa shape index (κ2) is 9.96. The maximum absolute atomic E-state index is 13.2. The number of rotatable bonds is 6. The number of hydrogen-bond acceptors (Lipinski definition) is 6. The van der Waals surface area contributed by atoms with Gasteiger partial charge in [0.15, 0.2) is 0 Å². The van der Waals surface area contributed by atoms with Crippen molar-refractivity contribution in [3.05, 3.63) is 72.0 Å². The van der Waals surface area contributed by atoms with Crippen LogP contribution in [0.2, 0.25) is 0 Å². The fourth-order valence-electron chi connectivity index (χ4n) is 5.33. The number of ether oxygens (including phenoxy) is 1. The first-order valence-corrected chi connectivity index (χ1v) is 12.8. The maximum atomic E-state index is 13.2. The van der Waals surface area contributed by atoms with Gasteiger partial charge in [0.2, 0.25) is 0 Å². The molecule has 8 nitrogen and oxygen atoms in total. The van der Waals surface area contributed by atoms with E-state index in [2.05, 4.69) is 22.0 Å². The van der Waals surface area contributed by atoms with Gasteiger partial charge in [-0.3, -0.25) is 9.69 Å². The summed E-state index contributed by atoms with van der Waals surface area (Å²) in [5.74, 6) is 2.18. The summed E-state index contributed by atoms with van der Waals surface area (Å²) in [4.78, 5) is 25.4.